The van der Waals surface area contributed by atoms with Gasteiger partial charge in [-0.05, 0) is 116 Å². The first-order valence-electron chi connectivity index (χ1n) is 13.9. The average molecular weight is 856 g/mol. The van der Waals surface area contributed by atoms with Crippen molar-refractivity contribution in [3.05, 3.63) is 123 Å². The van der Waals surface area contributed by atoms with Crippen LogP contribution in [0.5, 0.6) is 0 Å². The molecule has 10 radical (unpaired) electrons. The van der Waals surface area contributed by atoms with E-state index in [9.17, 15) is 26.3 Å². The molecule has 2 aliphatic rings. The number of hydrogen-bond acceptors (Lipinski definition) is 0. The van der Waals surface area contributed by atoms with Gasteiger partial charge >= 0.3 is 47.4 Å². The molecule has 258 valence electrons. The maximum Gasteiger partial charge on any atom is 0 e. The van der Waals surface area contributed by atoms with Gasteiger partial charge in [-0.15, -0.1) is 0 Å². The van der Waals surface area contributed by atoms with Crippen molar-refractivity contribution in [2.45, 2.75) is 76.8 Å². The van der Waals surface area contributed by atoms with Gasteiger partial charge in [0, 0.05) is 22.7 Å². The third-order valence-electron chi connectivity index (χ3n) is 6.75. The summed E-state index contributed by atoms with van der Waals surface area (Å²) >= 11 is -0.106. The zero-order chi connectivity index (χ0) is 34.2. The van der Waals surface area contributed by atoms with E-state index in [1.165, 1.54) is 29.9 Å². The molecule has 12 heteroatoms. The molecule has 2 fully saturated rings. The summed E-state index contributed by atoms with van der Waals surface area (Å²) in [4.78, 5) is 0. The summed E-state index contributed by atoms with van der Waals surface area (Å²) in [7, 11) is 7.69. The fraction of sp³-hybridized carbons (Fsp3) is 0.353. The van der Waals surface area contributed by atoms with Crippen molar-refractivity contribution in [1.29, 1.82) is 0 Å². The molecule has 0 saturated heterocycles. The van der Waals surface area contributed by atoms with Gasteiger partial charge in [-0.1, -0.05) is 80.7 Å². The topological polar surface area (TPSA) is 0 Å². The molecule has 0 heterocycles. The number of rotatable bonds is 5. The van der Waals surface area contributed by atoms with Gasteiger partial charge in [0.15, 0.2) is 0 Å². The largest absolute Gasteiger partial charge is 0 e. The number of alkyl halides is 6. The standard InChI is InChI=1S/C29H33F6P2.C5H5.2ClH.Fe.Pd/c1-19(24-9-8-10-25(24)37(26(2,3)4)27(5,6)7)36(22-15-11-20(12-16-22)28(30,31)32)23-17-13-21(14-18-23)29(33,34)35;1-2-4-5-3-1;;;;/h8-19H,1-7H3;1-5H;2*1H;;/q;;;;;+2/p-2/t19-;;;;;/m0...../s1. The first kappa shape index (κ1) is 44.7. The Balaban J connectivity index is 0.00000104. The van der Waals surface area contributed by atoms with Crippen molar-refractivity contribution < 1.29 is 59.4 Å². The Labute approximate surface area is 302 Å². The zero-order valence-electron chi connectivity index (χ0n) is 26.4. The monoisotopic (exact) mass is 854 g/mol. The van der Waals surface area contributed by atoms with E-state index in [0.717, 1.165) is 30.2 Å². The van der Waals surface area contributed by atoms with E-state index in [1.54, 1.807) is 0 Å². The Morgan fingerprint density at radius 3 is 1.20 bits per heavy atom. The van der Waals surface area contributed by atoms with Gasteiger partial charge in [0.25, 0.3) is 0 Å². The first-order valence-corrected chi connectivity index (χ1v) is 20.7. The van der Waals surface area contributed by atoms with Crippen LogP contribution in [0, 0.1) is 62.9 Å². The predicted molar refractivity (Wildman–Crippen MR) is 178 cm³/mol. The Morgan fingerprint density at radius 2 is 0.913 bits per heavy atom. The summed E-state index contributed by atoms with van der Waals surface area (Å²) in [6, 6.07) is 10.1. The van der Waals surface area contributed by atoms with Crippen LogP contribution in [0.15, 0.2) is 48.5 Å². The molecule has 0 aliphatic heterocycles. The molecule has 0 nitrogen and oxygen atoms in total. The van der Waals surface area contributed by atoms with E-state index in [-0.39, 0.29) is 49.0 Å². The minimum Gasteiger partial charge on any atom is 0 e. The second-order valence-electron chi connectivity index (χ2n) is 12.2. The van der Waals surface area contributed by atoms with Gasteiger partial charge < -0.3 is 0 Å². The van der Waals surface area contributed by atoms with E-state index in [1.807, 2.05) is 45.4 Å². The van der Waals surface area contributed by atoms with Crippen molar-refractivity contribution in [2.24, 2.45) is 0 Å². The van der Waals surface area contributed by atoms with Crippen molar-refractivity contribution in [3.63, 3.8) is 0 Å². The van der Waals surface area contributed by atoms with Crippen molar-refractivity contribution in [2.75, 3.05) is 0 Å². The molecule has 2 saturated carbocycles. The molecule has 1 atom stereocenters. The van der Waals surface area contributed by atoms with Gasteiger partial charge in [-0.25, -0.2) is 0 Å². The van der Waals surface area contributed by atoms with Gasteiger partial charge in [0.1, 0.15) is 0 Å². The molecule has 46 heavy (non-hydrogen) atoms. The van der Waals surface area contributed by atoms with Crippen LogP contribution < -0.4 is 10.6 Å². The van der Waals surface area contributed by atoms with Crippen molar-refractivity contribution >= 4 is 45.5 Å². The van der Waals surface area contributed by atoms with Crippen LogP contribution in [-0.2, 0) is 45.4 Å². The summed E-state index contributed by atoms with van der Waals surface area (Å²) in [5.74, 6) is 1.11. The van der Waals surface area contributed by atoms with Gasteiger partial charge in [-0.3, -0.25) is 0 Å². The molecular weight excluding hydrogens is 817 g/mol. The van der Waals surface area contributed by atoms with Crippen molar-refractivity contribution in [1.82, 2.24) is 0 Å². The molecule has 4 rings (SSSR count). The van der Waals surface area contributed by atoms with Crippen LogP contribution in [0.4, 0.5) is 26.3 Å². The van der Waals surface area contributed by atoms with Gasteiger partial charge in [0.2, 0.25) is 0 Å². The van der Waals surface area contributed by atoms with Crippen LogP contribution in [0.1, 0.15) is 59.6 Å². The molecule has 0 amide bonds. The molecule has 0 aromatic heterocycles. The van der Waals surface area contributed by atoms with Crippen LogP contribution >= 0.6 is 34.9 Å². The second kappa shape index (κ2) is 19.3. The molecule has 2 aliphatic carbocycles. The van der Waals surface area contributed by atoms with E-state index in [4.69, 9.17) is 19.1 Å². The molecule has 0 unspecified atom stereocenters. The Kier molecular flexibility index (Phi) is 18.7. The zero-order valence-corrected chi connectivity index (χ0v) is 32.4. The summed E-state index contributed by atoms with van der Waals surface area (Å²) in [6.07, 6.45) is 7.29. The third-order valence-corrected chi connectivity index (χ3v) is 13.1. The van der Waals surface area contributed by atoms with Crippen LogP contribution in [0.25, 0.3) is 0 Å². The predicted octanol–water partition coefficient (Wildman–Crippen LogP) is 11.8. The Morgan fingerprint density at radius 1 is 0.587 bits per heavy atom. The summed E-state index contributed by atoms with van der Waals surface area (Å²) in [5.41, 5.74) is -0.370. The number of halogens is 8. The van der Waals surface area contributed by atoms with Crippen LogP contribution in [0.3, 0.4) is 0 Å². The quantitative estimate of drug-likeness (QED) is 0.160. The smallest absolute Gasteiger partial charge is 0 e. The minimum absolute atomic E-state index is 0. The maximum atomic E-state index is 13.2. The average Bonchev–Trinajstić information content (AvgIpc) is 3.63. The molecular formula is C34H38Cl2F6FeP2Pd. The molecule has 0 spiro atoms. The van der Waals surface area contributed by atoms with Crippen molar-refractivity contribution in [3.8, 4) is 0 Å². The molecule has 0 bridgehead atoms. The summed E-state index contributed by atoms with van der Waals surface area (Å²) in [5, 5.41) is 1.39. The number of hydrogen-bond donors (Lipinski definition) is 0. The van der Waals surface area contributed by atoms with E-state index >= 15 is 0 Å². The summed E-state index contributed by atoms with van der Waals surface area (Å²) < 4.78 is 79.5. The second-order valence-corrected chi connectivity index (χ2v) is 20.9. The molecule has 0 N–H and O–H groups in total. The fourth-order valence-electron chi connectivity index (χ4n) is 5.39. The Bertz CT molecular complexity index is 1070. The van der Waals surface area contributed by atoms with Gasteiger partial charge in [0.05, 0.1) is 11.1 Å². The minimum atomic E-state index is -4.46. The normalized spacial score (nSPS) is 17.3. The summed E-state index contributed by atoms with van der Waals surface area (Å²) in [6.45, 7) is 15.4. The SMILES string of the molecule is C[C@@H]([C]1[CH][CH][CH][C]1P(C(C)(C)C)C(C)(C)C)P(c1ccc(C(F)(F)F)cc1)c1ccc(C(F)(F)F)cc1.[CH]1[CH][CH][CH][CH]1.[Cl][Pd][Cl].[Fe]. The fourth-order valence-corrected chi connectivity index (χ4v) is 12.3. The first-order chi connectivity index (χ1) is 20.7. The van der Waals surface area contributed by atoms with Crippen LogP contribution in [0.2, 0.25) is 0 Å². The van der Waals surface area contributed by atoms with E-state index < -0.39 is 39.3 Å². The van der Waals surface area contributed by atoms with E-state index in [0.29, 0.717) is 10.6 Å². The molecule has 2 aromatic carbocycles. The third kappa shape index (κ3) is 13.4. The van der Waals surface area contributed by atoms with Crippen LogP contribution in [-0.4, -0.2) is 16.0 Å². The van der Waals surface area contributed by atoms with Gasteiger partial charge in [-0.2, -0.15) is 26.3 Å². The number of benzene rings is 2. The molecule has 2 aromatic rings. The van der Waals surface area contributed by atoms with E-state index in [2.05, 4.69) is 54.4 Å². The maximum absolute atomic E-state index is 13.2. The Hall–Kier alpha value is 0.642.